The van der Waals surface area contributed by atoms with Gasteiger partial charge in [0.2, 0.25) is 0 Å². The minimum Gasteiger partial charge on any atom is -0.414 e. The fraction of sp³-hybridized carbons (Fsp3) is 0.647. The summed E-state index contributed by atoms with van der Waals surface area (Å²) in [4.78, 5) is 0. The van der Waals surface area contributed by atoms with Crippen LogP contribution in [0.15, 0.2) is 30.3 Å². The van der Waals surface area contributed by atoms with Gasteiger partial charge in [0.15, 0.2) is 8.32 Å². The van der Waals surface area contributed by atoms with Crippen molar-refractivity contribution < 1.29 is 21.8 Å². The summed E-state index contributed by atoms with van der Waals surface area (Å²) in [6.45, 7) is 11.4. The van der Waals surface area contributed by atoms with Gasteiger partial charge in [0.25, 0.3) is 10.1 Å². The molecule has 0 N–H and O–H groups in total. The van der Waals surface area contributed by atoms with Gasteiger partial charge in [0.05, 0.1) is 26.1 Å². The predicted molar refractivity (Wildman–Crippen MR) is 99.0 cm³/mol. The normalized spacial score (nSPS) is 14.6. The Morgan fingerprint density at radius 1 is 1.08 bits per heavy atom. The number of rotatable bonds is 9. The van der Waals surface area contributed by atoms with Crippen LogP contribution in [0.25, 0.3) is 0 Å². The van der Waals surface area contributed by atoms with Crippen molar-refractivity contribution in [3.63, 3.8) is 0 Å². The van der Waals surface area contributed by atoms with E-state index in [1.54, 1.807) is 0 Å². The van der Waals surface area contributed by atoms with Gasteiger partial charge in [0, 0.05) is 0 Å². The summed E-state index contributed by atoms with van der Waals surface area (Å²) in [5, 5.41) is 0.0491. The summed E-state index contributed by atoms with van der Waals surface area (Å²) in [7, 11) is -5.54. The molecule has 7 heteroatoms. The van der Waals surface area contributed by atoms with Crippen molar-refractivity contribution in [2.75, 3.05) is 19.5 Å². The SMILES string of the molecule is CC(C)(C)[Si](C)(C)OCC(COCc1ccccc1)OS(C)(=O)=O. The molecule has 1 atom stereocenters. The highest BCUT2D eigenvalue weighted by molar-refractivity contribution is 7.86. The largest absolute Gasteiger partial charge is 0.414 e. The van der Waals surface area contributed by atoms with Gasteiger partial charge in [-0.25, -0.2) is 0 Å². The van der Waals surface area contributed by atoms with Gasteiger partial charge in [-0.05, 0) is 23.7 Å². The average molecular weight is 375 g/mol. The highest BCUT2D eigenvalue weighted by Crippen LogP contribution is 2.36. The maximum atomic E-state index is 11.5. The van der Waals surface area contributed by atoms with Crippen LogP contribution in [0, 0.1) is 0 Å². The lowest BCUT2D eigenvalue weighted by Crippen LogP contribution is -2.44. The van der Waals surface area contributed by atoms with Crippen LogP contribution in [0.1, 0.15) is 26.3 Å². The Bertz CT molecular complexity index is 593. The van der Waals surface area contributed by atoms with Crippen molar-refractivity contribution in [2.45, 2.75) is 51.6 Å². The van der Waals surface area contributed by atoms with E-state index in [9.17, 15) is 8.42 Å². The van der Waals surface area contributed by atoms with Crippen LogP contribution < -0.4 is 0 Å². The highest BCUT2D eigenvalue weighted by Gasteiger charge is 2.38. The molecule has 1 unspecified atom stereocenters. The van der Waals surface area contributed by atoms with Crippen LogP contribution >= 0.6 is 0 Å². The molecule has 0 aliphatic heterocycles. The lowest BCUT2D eigenvalue weighted by atomic mass is 10.2. The van der Waals surface area contributed by atoms with E-state index in [4.69, 9.17) is 13.3 Å². The van der Waals surface area contributed by atoms with Crippen LogP contribution in [0.2, 0.25) is 18.1 Å². The molecule has 1 aromatic carbocycles. The fourth-order valence-electron chi connectivity index (χ4n) is 1.75. The molecule has 0 heterocycles. The quantitative estimate of drug-likeness (QED) is 0.488. The summed E-state index contributed by atoms with van der Waals surface area (Å²) < 4.78 is 39.8. The zero-order valence-electron chi connectivity index (χ0n) is 15.5. The first-order valence-corrected chi connectivity index (χ1v) is 12.8. The molecule has 0 fully saturated rings. The molecule has 0 bridgehead atoms. The summed E-state index contributed by atoms with van der Waals surface area (Å²) in [6, 6.07) is 9.72. The first-order chi connectivity index (χ1) is 10.9. The zero-order chi connectivity index (χ0) is 18.4. The molecule has 0 saturated carbocycles. The summed E-state index contributed by atoms with van der Waals surface area (Å²) in [6.07, 6.45) is 0.404. The van der Waals surface area contributed by atoms with Crippen molar-refractivity contribution in [3.8, 4) is 0 Å². The van der Waals surface area contributed by atoms with E-state index in [-0.39, 0.29) is 18.3 Å². The summed E-state index contributed by atoms with van der Waals surface area (Å²) in [5.41, 5.74) is 1.03. The topological polar surface area (TPSA) is 61.8 Å². The second-order valence-electron chi connectivity index (χ2n) is 7.49. The first kappa shape index (κ1) is 21.3. The Hall–Kier alpha value is -0.733. The second-order valence-corrected chi connectivity index (χ2v) is 13.9. The van der Waals surface area contributed by atoms with E-state index < -0.39 is 24.5 Å². The lowest BCUT2D eigenvalue weighted by molar-refractivity contribution is 0.0194. The van der Waals surface area contributed by atoms with Crippen LogP contribution in [0.5, 0.6) is 0 Å². The van der Waals surface area contributed by atoms with Crippen molar-refractivity contribution in [3.05, 3.63) is 35.9 Å². The van der Waals surface area contributed by atoms with Crippen LogP contribution in [-0.4, -0.2) is 42.3 Å². The van der Waals surface area contributed by atoms with Gasteiger partial charge < -0.3 is 9.16 Å². The highest BCUT2D eigenvalue weighted by atomic mass is 32.2. The molecule has 1 rings (SSSR count). The smallest absolute Gasteiger partial charge is 0.264 e. The molecule has 0 aromatic heterocycles. The van der Waals surface area contributed by atoms with Crippen molar-refractivity contribution in [2.24, 2.45) is 0 Å². The Morgan fingerprint density at radius 3 is 2.17 bits per heavy atom. The summed E-state index contributed by atoms with van der Waals surface area (Å²) in [5.74, 6) is 0. The van der Waals surface area contributed by atoms with Crippen molar-refractivity contribution in [1.82, 2.24) is 0 Å². The zero-order valence-corrected chi connectivity index (χ0v) is 17.4. The monoisotopic (exact) mass is 374 g/mol. The van der Waals surface area contributed by atoms with Gasteiger partial charge in [0.1, 0.15) is 6.10 Å². The second kappa shape index (κ2) is 8.58. The average Bonchev–Trinajstić information content (AvgIpc) is 2.43. The standard InChI is InChI=1S/C17H30O5SSi/c1-17(2,3)24(5,6)21-14-16(22-23(4,18)19)13-20-12-15-10-8-7-9-11-15/h7-11,16H,12-14H2,1-6H3. The number of hydrogen-bond acceptors (Lipinski definition) is 5. The van der Waals surface area contributed by atoms with E-state index in [1.165, 1.54) is 0 Å². The molecular weight excluding hydrogens is 344 g/mol. The van der Waals surface area contributed by atoms with Gasteiger partial charge in [-0.15, -0.1) is 0 Å². The van der Waals surface area contributed by atoms with Crippen molar-refractivity contribution in [1.29, 1.82) is 0 Å². The van der Waals surface area contributed by atoms with Crippen LogP contribution in [-0.2, 0) is 30.1 Å². The lowest BCUT2D eigenvalue weighted by Gasteiger charge is -2.37. The van der Waals surface area contributed by atoms with Gasteiger partial charge in [-0.1, -0.05) is 51.1 Å². The molecule has 5 nitrogen and oxygen atoms in total. The molecule has 0 saturated heterocycles. The predicted octanol–water partition coefficient (Wildman–Crippen LogP) is 3.57. The Morgan fingerprint density at radius 2 is 1.67 bits per heavy atom. The molecule has 0 aliphatic carbocycles. The summed E-state index contributed by atoms with van der Waals surface area (Å²) >= 11 is 0. The van der Waals surface area contributed by atoms with Gasteiger partial charge in [-0.2, -0.15) is 8.42 Å². The minimum absolute atomic E-state index is 0.0491. The Kier molecular flexibility index (Phi) is 7.62. The fourth-order valence-corrected chi connectivity index (χ4v) is 3.39. The number of ether oxygens (including phenoxy) is 1. The van der Waals surface area contributed by atoms with E-state index in [0.717, 1.165) is 11.8 Å². The van der Waals surface area contributed by atoms with E-state index in [1.807, 2.05) is 30.3 Å². The molecule has 24 heavy (non-hydrogen) atoms. The molecular formula is C17H30O5SSi. The molecule has 0 radical (unpaired) electrons. The van der Waals surface area contributed by atoms with Gasteiger partial charge in [-0.3, -0.25) is 4.18 Å². The van der Waals surface area contributed by atoms with Crippen molar-refractivity contribution >= 4 is 18.4 Å². The van der Waals surface area contributed by atoms with Crippen LogP contribution in [0.3, 0.4) is 0 Å². The van der Waals surface area contributed by atoms with Gasteiger partial charge >= 0.3 is 0 Å². The first-order valence-electron chi connectivity index (χ1n) is 8.04. The van der Waals surface area contributed by atoms with Crippen LogP contribution in [0.4, 0.5) is 0 Å². The molecule has 138 valence electrons. The molecule has 1 aromatic rings. The molecule has 0 aliphatic rings. The Labute approximate surface area is 147 Å². The number of hydrogen-bond donors (Lipinski definition) is 0. The number of benzene rings is 1. The molecule has 0 amide bonds. The third kappa shape index (κ3) is 7.89. The third-order valence-electron chi connectivity index (χ3n) is 4.16. The maximum absolute atomic E-state index is 11.5. The maximum Gasteiger partial charge on any atom is 0.264 e. The molecule has 0 spiro atoms. The van der Waals surface area contributed by atoms with E-state index in [2.05, 4.69) is 33.9 Å². The third-order valence-corrected chi connectivity index (χ3v) is 9.28. The van der Waals surface area contributed by atoms with E-state index >= 15 is 0 Å². The van der Waals surface area contributed by atoms with E-state index in [0.29, 0.717) is 6.61 Å². The Balaban J connectivity index is 2.61. The minimum atomic E-state index is -3.57.